The van der Waals surface area contributed by atoms with Crippen LogP contribution in [0.3, 0.4) is 0 Å². The smallest absolute Gasteiger partial charge is 0.278 e. The van der Waals surface area contributed by atoms with E-state index < -0.39 is 17.1 Å². The lowest BCUT2D eigenvalue weighted by Gasteiger charge is -2.44. The molecule has 1 N–H and O–H groups in total. The molecule has 3 heterocycles. The second-order valence-corrected chi connectivity index (χ2v) is 8.66. The van der Waals surface area contributed by atoms with Crippen LogP contribution in [0.15, 0.2) is 35.3 Å². The molecule has 1 atom stereocenters. The Morgan fingerprint density at radius 3 is 2.61 bits per heavy atom. The number of methoxy groups -OCH3 is 1. The van der Waals surface area contributed by atoms with Crippen molar-refractivity contribution in [3.8, 4) is 16.3 Å². The quantitative estimate of drug-likeness (QED) is 0.562. The number of hydrogen-bond donors (Lipinski definition) is 1. The van der Waals surface area contributed by atoms with Gasteiger partial charge >= 0.3 is 0 Å². The van der Waals surface area contributed by atoms with Crippen LogP contribution < -0.4 is 10.4 Å². The summed E-state index contributed by atoms with van der Waals surface area (Å²) in [5.41, 5.74) is 0.229. The molecular weight excluding hydrogens is 449 g/mol. The van der Waals surface area contributed by atoms with Gasteiger partial charge in [0.05, 0.1) is 18.7 Å². The molecule has 174 valence electrons. The number of carbonyl (C=O) groups is 1. The number of hydrogen-bond acceptors (Lipinski definition) is 8. The summed E-state index contributed by atoms with van der Waals surface area (Å²) in [6, 6.07) is 6.07. The van der Waals surface area contributed by atoms with Crippen LogP contribution in [0.4, 0.5) is 4.39 Å². The molecule has 1 aliphatic heterocycles. The fourth-order valence-corrected chi connectivity index (χ4v) is 4.77. The van der Waals surface area contributed by atoms with E-state index >= 15 is 0 Å². The standard InChI is InChI=1S/C22H24FN5O4S/c1-4-26-13(2)27(9-10-32-3)28-12-16(19(29)20(30)18(28)22(26)31)21-25-24-17(33-21)11-14-5-7-15(23)8-6-14/h5-8,12-13,30H,4,9-11H2,1-3H3. The van der Waals surface area contributed by atoms with E-state index in [9.17, 15) is 19.1 Å². The number of fused-ring (bicyclic) bond motifs is 1. The minimum Gasteiger partial charge on any atom is -0.502 e. The predicted molar refractivity (Wildman–Crippen MR) is 122 cm³/mol. The first-order valence-corrected chi connectivity index (χ1v) is 11.3. The van der Waals surface area contributed by atoms with Crippen LogP contribution in [-0.4, -0.2) is 63.8 Å². The average Bonchev–Trinajstić information content (AvgIpc) is 3.25. The van der Waals surface area contributed by atoms with Crippen LogP contribution in [0.5, 0.6) is 5.75 Å². The Morgan fingerprint density at radius 2 is 1.94 bits per heavy atom. The van der Waals surface area contributed by atoms with E-state index in [0.717, 1.165) is 5.56 Å². The van der Waals surface area contributed by atoms with Gasteiger partial charge in [-0.25, -0.2) is 4.39 Å². The summed E-state index contributed by atoms with van der Waals surface area (Å²) >= 11 is 1.21. The van der Waals surface area contributed by atoms with Crippen molar-refractivity contribution in [2.24, 2.45) is 0 Å². The number of amides is 1. The minimum absolute atomic E-state index is 0.0872. The Bertz CT molecular complexity index is 1230. The van der Waals surface area contributed by atoms with Gasteiger partial charge in [-0.15, -0.1) is 10.2 Å². The number of rotatable bonds is 7. The Labute approximate surface area is 193 Å². The van der Waals surface area contributed by atoms with Crippen molar-refractivity contribution in [2.45, 2.75) is 26.4 Å². The lowest BCUT2D eigenvalue weighted by molar-refractivity contribution is 0.0588. The molecule has 0 bridgehead atoms. The normalized spacial score (nSPS) is 15.8. The van der Waals surface area contributed by atoms with E-state index in [4.69, 9.17) is 4.74 Å². The van der Waals surface area contributed by atoms with Crippen molar-refractivity contribution in [3.05, 3.63) is 62.8 Å². The highest BCUT2D eigenvalue weighted by molar-refractivity contribution is 7.14. The van der Waals surface area contributed by atoms with Gasteiger partial charge in [0.25, 0.3) is 5.91 Å². The zero-order chi connectivity index (χ0) is 23.7. The van der Waals surface area contributed by atoms with Gasteiger partial charge in [-0.2, -0.15) is 0 Å². The number of pyridine rings is 1. The number of carbonyl (C=O) groups excluding carboxylic acids is 1. The molecule has 0 spiro atoms. The van der Waals surface area contributed by atoms with Gasteiger partial charge in [-0.1, -0.05) is 23.5 Å². The second-order valence-electron chi connectivity index (χ2n) is 7.60. The highest BCUT2D eigenvalue weighted by atomic mass is 32.1. The molecular formula is C22H24FN5O4S. The first-order chi connectivity index (χ1) is 15.8. The average molecular weight is 474 g/mol. The first-order valence-electron chi connectivity index (χ1n) is 10.5. The molecule has 4 rings (SSSR count). The lowest BCUT2D eigenvalue weighted by atomic mass is 10.1. The van der Waals surface area contributed by atoms with E-state index in [2.05, 4.69) is 10.2 Å². The molecule has 0 saturated heterocycles. The van der Waals surface area contributed by atoms with Crippen molar-refractivity contribution in [1.29, 1.82) is 0 Å². The van der Waals surface area contributed by atoms with Crippen LogP contribution in [0, 0.1) is 5.82 Å². The number of nitrogens with zero attached hydrogens (tertiary/aromatic N) is 5. The van der Waals surface area contributed by atoms with Crippen LogP contribution >= 0.6 is 11.3 Å². The molecule has 11 heteroatoms. The van der Waals surface area contributed by atoms with Crippen molar-refractivity contribution < 1.29 is 19.0 Å². The summed E-state index contributed by atoms with van der Waals surface area (Å²) in [6.07, 6.45) is 1.64. The van der Waals surface area contributed by atoms with Crippen LogP contribution in [0.2, 0.25) is 0 Å². The first kappa shape index (κ1) is 22.9. The number of aromatic nitrogens is 3. The number of benzene rings is 1. The maximum Gasteiger partial charge on any atom is 0.278 e. The molecule has 0 saturated carbocycles. The third-order valence-electron chi connectivity index (χ3n) is 5.62. The van der Waals surface area contributed by atoms with Crippen molar-refractivity contribution in [1.82, 2.24) is 19.8 Å². The SMILES string of the molecule is CCN1C(=O)c2c(O)c(=O)c(-c3nnc(Cc4ccc(F)cc4)s3)cn2N(CCOC)C1C. The Balaban J connectivity index is 1.76. The van der Waals surface area contributed by atoms with E-state index in [1.54, 1.807) is 24.1 Å². The van der Waals surface area contributed by atoms with Gasteiger partial charge in [-0.3, -0.25) is 19.3 Å². The molecule has 0 aliphatic carbocycles. The van der Waals surface area contributed by atoms with Gasteiger partial charge in [-0.05, 0) is 31.5 Å². The van der Waals surface area contributed by atoms with Crippen LogP contribution in [0.25, 0.3) is 10.6 Å². The van der Waals surface area contributed by atoms with Crippen molar-refractivity contribution >= 4 is 17.2 Å². The zero-order valence-corrected chi connectivity index (χ0v) is 19.3. The fourth-order valence-electron chi connectivity index (χ4n) is 3.89. The maximum atomic E-state index is 13.2. The lowest BCUT2D eigenvalue weighted by Crippen LogP contribution is -2.60. The number of ether oxygens (including phenoxy) is 1. The Kier molecular flexibility index (Phi) is 6.43. The van der Waals surface area contributed by atoms with Gasteiger partial charge in [0, 0.05) is 26.3 Å². The number of halogens is 1. The van der Waals surface area contributed by atoms with E-state index in [-0.39, 0.29) is 23.2 Å². The largest absolute Gasteiger partial charge is 0.502 e. The summed E-state index contributed by atoms with van der Waals surface area (Å²) < 4.78 is 19.9. The molecule has 0 fully saturated rings. The molecule has 1 amide bonds. The van der Waals surface area contributed by atoms with Gasteiger partial charge in [0.1, 0.15) is 17.0 Å². The van der Waals surface area contributed by atoms with Gasteiger partial charge < -0.3 is 14.7 Å². The van der Waals surface area contributed by atoms with E-state index in [1.165, 1.54) is 34.3 Å². The highest BCUT2D eigenvalue weighted by Gasteiger charge is 2.37. The number of aromatic hydroxyl groups is 1. The maximum absolute atomic E-state index is 13.2. The third-order valence-corrected chi connectivity index (χ3v) is 6.57. The molecule has 9 nitrogen and oxygen atoms in total. The molecule has 0 radical (unpaired) electrons. The molecule has 33 heavy (non-hydrogen) atoms. The van der Waals surface area contributed by atoms with Crippen LogP contribution in [0.1, 0.15) is 34.9 Å². The topological polar surface area (TPSA) is 101 Å². The fraction of sp³-hybridized carbons (Fsp3) is 0.364. The predicted octanol–water partition coefficient (Wildman–Crippen LogP) is 2.21. The van der Waals surface area contributed by atoms with Gasteiger partial charge in [0.2, 0.25) is 5.43 Å². The second kappa shape index (κ2) is 9.28. The summed E-state index contributed by atoms with van der Waals surface area (Å²) in [5.74, 6) is -1.37. The summed E-state index contributed by atoms with van der Waals surface area (Å²) in [4.78, 5) is 27.6. The van der Waals surface area contributed by atoms with Crippen molar-refractivity contribution in [2.75, 3.05) is 31.8 Å². The monoisotopic (exact) mass is 473 g/mol. The Hall–Kier alpha value is -3.31. The minimum atomic E-state index is -0.684. The Morgan fingerprint density at radius 1 is 1.21 bits per heavy atom. The van der Waals surface area contributed by atoms with Crippen LogP contribution in [-0.2, 0) is 11.2 Å². The summed E-state index contributed by atoms with van der Waals surface area (Å²) in [7, 11) is 1.58. The summed E-state index contributed by atoms with van der Waals surface area (Å²) in [5, 5.41) is 21.9. The van der Waals surface area contributed by atoms with E-state index in [1.807, 2.05) is 18.9 Å². The molecule has 1 aromatic carbocycles. The molecule has 2 aromatic heterocycles. The van der Waals surface area contributed by atoms with Gasteiger partial charge in [0.15, 0.2) is 16.5 Å². The molecule has 3 aromatic rings. The summed E-state index contributed by atoms with van der Waals surface area (Å²) in [6.45, 7) is 4.95. The molecule has 1 unspecified atom stereocenters. The van der Waals surface area contributed by atoms with E-state index in [0.29, 0.717) is 36.1 Å². The third kappa shape index (κ3) is 4.21. The zero-order valence-electron chi connectivity index (χ0n) is 18.5. The van der Waals surface area contributed by atoms with Crippen molar-refractivity contribution in [3.63, 3.8) is 0 Å². The molecule has 1 aliphatic rings. The highest BCUT2D eigenvalue weighted by Crippen LogP contribution is 2.29.